The first-order valence-electron chi connectivity index (χ1n) is 4.60. The molecule has 0 bridgehead atoms. The van der Waals surface area contributed by atoms with E-state index in [2.05, 4.69) is 19.9 Å². The van der Waals surface area contributed by atoms with E-state index in [9.17, 15) is 0 Å². The third-order valence-corrected chi connectivity index (χ3v) is 3.22. The number of hydrogen-bond donors (Lipinski definition) is 1. The first kappa shape index (κ1) is 11.5. The summed E-state index contributed by atoms with van der Waals surface area (Å²) < 4.78 is 0. The number of hydrogen-bond acceptors (Lipinski definition) is 2. The first-order valence-corrected chi connectivity index (χ1v) is 6.06. The van der Waals surface area contributed by atoms with Crippen LogP contribution in [0.4, 0.5) is 0 Å². The van der Waals surface area contributed by atoms with Crippen molar-refractivity contribution in [1.82, 2.24) is 0 Å². The molecular formula is C11H15NS2. The fourth-order valence-electron chi connectivity index (χ4n) is 1.14. The maximum atomic E-state index is 5.64. The van der Waals surface area contributed by atoms with Crippen molar-refractivity contribution < 1.29 is 0 Å². The summed E-state index contributed by atoms with van der Waals surface area (Å²) in [5, 5.41) is 0.634. The van der Waals surface area contributed by atoms with Crippen molar-refractivity contribution in [2.45, 2.75) is 24.9 Å². The van der Waals surface area contributed by atoms with E-state index < -0.39 is 0 Å². The topological polar surface area (TPSA) is 26.0 Å². The Hall–Kier alpha value is -0.540. The van der Waals surface area contributed by atoms with E-state index in [1.165, 1.54) is 5.56 Å². The average molecular weight is 225 g/mol. The van der Waals surface area contributed by atoms with Crippen molar-refractivity contribution in [2.75, 3.05) is 0 Å². The van der Waals surface area contributed by atoms with E-state index >= 15 is 0 Å². The van der Waals surface area contributed by atoms with Gasteiger partial charge in [0.2, 0.25) is 0 Å². The van der Waals surface area contributed by atoms with Crippen molar-refractivity contribution in [2.24, 2.45) is 5.73 Å². The summed E-state index contributed by atoms with van der Waals surface area (Å²) in [5.41, 5.74) is 7.89. The summed E-state index contributed by atoms with van der Waals surface area (Å²) >= 11 is 6.90. The van der Waals surface area contributed by atoms with Crippen LogP contribution < -0.4 is 5.73 Å². The highest BCUT2D eigenvalue weighted by molar-refractivity contribution is 7.99. The van der Waals surface area contributed by atoms with Gasteiger partial charge in [0.1, 0.15) is 4.99 Å². The number of nitrogens with two attached hydrogens (primary N) is 1. The Bertz CT molecular complexity index is 321. The Morgan fingerprint density at radius 3 is 2.64 bits per heavy atom. The van der Waals surface area contributed by atoms with Crippen molar-refractivity contribution in [1.29, 1.82) is 0 Å². The Labute approximate surface area is 95.1 Å². The summed E-state index contributed by atoms with van der Waals surface area (Å²) in [6, 6.07) is 8.07. The second-order valence-electron chi connectivity index (χ2n) is 3.38. The minimum Gasteiger partial charge on any atom is -0.389 e. The largest absolute Gasteiger partial charge is 0.389 e. The fourth-order valence-corrected chi connectivity index (χ4v) is 2.11. The first-order chi connectivity index (χ1) is 6.61. The van der Waals surface area contributed by atoms with Gasteiger partial charge in [0.15, 0.2) is 0 Å². The van der Waals surface area contributed by atoms with Gasteiger partial charge in [-0.05, 0) is 10.8 Å². The third kappa shape index (κ3) is 3.31. The molecule has 0 fully saturated rings. The zero-order chi connectivity index (χ0) is 10.6. The van der Waals surface area contributed by atoms with Crippen LogP contribution in [0.2, 0.25) is 0 Å². The molecule has 0 radical (unpaired) electrons. The summed E-state index contributed by atoms with van der Waals surface area (Å²) in [6.07, 6.45) is 0. The molecule has 2 N–H and O–H groups in total. The van der Waals surface area contributed by atoms with Crippen LogP contribution in [0.25, 0.3) is 0 Å². The number of rotatable bonds is 4. The average Bonchev–Trinajstić information content (AvgIpc) is 2.15. The van der Waals surface area contributed by atoms with Crippen LogP contribution in [0, 0.1) is 0 Å². The molecule has 0 unspecified atom stereocenters. The van der Waals surface area contributed by atoms with Crippen molar-refractivity contribution in [3.05, 3.63) is 35.4 Å². The molecule has 1 rings (SSSR count). The van der Waals surface area contributed by atoms with E-state index in [0.717, 1.165) is 11.3 Å². The van der Waals surface area contributed by atoms with E-state index in [1.54, 1.807) is 0 Å². The van der Waals surface area contributed by atoms with Gasteiger partial charge >= 0.3 is 0 Å². The lowest BCUT2D eigenvalue weighted by Gasteiger charge is -2.09. The minimum absolute atomic E-state index is 0.491. The molecule has 0 aromatic heterocycles. The molecule has 0 heterocycles. The second kappa shape index (κ2) is 5.37. The molecule has 0 aliphatic heterocycles. The highest BCUT2D eigenvalue weighted by Gasteiger charge is 2.04. The Morgan fingerprint density at radius 1 is 1.43 bits per heavy atom. The third-order valence-electron chi connectivity index (χ3n) is 1.85. The smallest absolute Gasteiger partial charge is 0.104 e. The van der Waals surface area contributed by atoms with Crippen LogP contribution in [0.5, 0.6) is 0 Å². The number of thioether (sulfide) groups is 1. The van der Waals surface area contributed by atoms with Crippen LogP contribution in [0.15, 0.2) is 24.3 Å². The summed E-state index contributed by atoms with van der Waals surface area (Å²) in [6.45, 7) is 4.38. The van der Waals surface area contributed by atoms with Crippen LogP contribution in [-0.4, -0.2) is 10.2 Å². The Kier molecular flexibility index (Phi) is 4.42. The van der Waals surface area contributed by atoms with Gasteiger partial charge in [-0.25, -0.2) is 0 Å². The van der Waals surface area contributed by atoms with Gasteiger partial charge in [-0.3, -0.25) is 0 Å². The zero-order valence-electron chi connectivity index (χ0n) is 8.49. The van der Waals surface area contributed by atoms with E-state index in [1.807, 2.05) is 30.0 Å². The lowest BCUT2D eigenvalue weighted by Crippen LogP contribution is -2.12. The van der Waals surface area contributed by atoms with Gasteiger partial charge < -0.3 is 5.73 Å². The molecule has 0 spiro atoms. The molecule has 0 atom stereocenters. The molecule has 14 heavy (non-hydrogen) atoms. The highest BCUT2D eigenvalue weighted by Crippen LogP contribution is 2.19. The maximum absolute atomic E-state index is 5.64. The highest BCUT2D eigenvalue weighted by atomic mass is 32.2. The van der Waals surface area contributed by atoms with E-state index in [0.29, 0.717) is 10.2 Å². The van der Waals surface area contributed by atoms with Gasteiger partial charge in [-0.1, -0.05) is 50.3 Å². The van der Waals surface area contributed by atoms with E-state index in [4.69, 9.17) is 18.0 Å². The molecule has 1 aromatic carbocycles. The minimum atomic E-state index is 0.491. The summed E-state index contributed by atoms with van der Waals surface area (Å²) in [4.78, 5) is 0.491. The van der Waals surface area contributed by atoms with Gasteiger partial charge in [0.05, 0.1) is 0 Å². The molecule has 1 nitrogen and oxygen atoms in total. The van der Waals surface area contributed by atoms with E-state index in [-0.39, 0.29) is 0 Å². The van der Waals surface area contributed by atoms with Crippen LogP contribution in [-0.2, 0) is 5.75 Å². The van der Waals surface area contributed by atoms with Crippen LogP contribution in [0.1, 0.15) is 25.0 Å². The monoisotopic (exact) mass is 225 g/mol. The predicted molar refractivity (Wildman–Crippen MR) is 68.8 cm³/mol. The lowest BCUT2D eigenvalue weighted by molar-refractivity contribution is 1.11. The molecule has 76 valence electrons. The zero-order valence-corrected chi connectivity index (χ0v) is 10.1. The molecule has 0 aliphatic rings. The SMILES string of the molecule is CC(C)SCc1ccccc1C(N)=S. The molecular weight excluding hydrogens is 210 g/mol. The molecule has 0 aliphatic carbocycles. The Balaban J connectivity index is 2.79. The number of benzene rings is 1. The maximum Gasteiger partial charge on any atom is 0.104 e. The Morgan fingerprint density at radius 2 is 2.07 bits per heavy atom. The molecule has 0 saturated heterocycles. The molecule has 0 amide bonds. The lowest BCUT2D eigenvalue weighted by atomic mass is 10.1. The summed E-state index contributed by atoms with van der Waals surface area (Å²) in [7, 11) is 0. The number of thiocarbonyl (C=S) groups is 1. The van der Waals surface area contributed by atoms with Crippen molar-refractivity contribution in [3.63, 3.8) is 0 Å². The second-order valence-corrected chi connectivity index (χ2v) is 5.39. The van der Waals surface area contributed by atoms with Crippen molar-refractivity contribution >= 4 is 29.0 Å². The van der Waals surface area contributed by atoms with Crippen LogP contribution >= 0.6 is 24.0 Å². The van der Waals surface area contributed by atoms with Gasteiger partial charge in [0.25, 0.3) is 0 Å². The van der Waals surface area contributed by atoms with Gasteiger partial charge in [-0.2, -0.15) is 11.8 Å². The van der Waals surface area contributed by atoms with Crippen LogP contribution in [0.3, 0.4) is 0 Å². The molecule has 1 aromatic rings. The summed E-state index contributed by atoms with van der Waals surface area (Å²) in [5.74, 6) is 0.977. The molecule has 3 heteroatoms. The van der Waals surface area contributed by atoms with Crippen molar-refractivity contribution in [3.8, 4) is 0 Å². The molecule has 0 saturated carbocycles. The van der Waals surface area contributed by atoms with Gasteiger partial charge in [-0.15, -0.1) is 0 Å². The quantitative estimate of drug-likeness (QED) is 0.798. The van der Waals surface area contributed by atoms with Gasteiger partial charge in [0, 0.05) is 11.3 Å². The predicted octanol–water partition coefficient (Wildman–Crippen LogP) is 2.96. The fraction of sp³-hybridized carbons (Fsp3) is 0.364. The normalized spacial score (nSPS) is 10.5. The standard InChI is InChI=1S/C11H15NS2/c1-8(2)14-7-9-5-3-4-6-10(9)11(12)13/h3-6,8H,7H2,1-2H3,(H2,12,13).